The molecule has 0 unspecified atom stereocenters. The Bertz CT molecular complexity index is 483. The molecule has 4 nitrogen and oxygen atoms in total. The summed E-state index contributed by atoms with van der Waals surface area (Å²) >= 11 is 0. The van der Waals surface area contributed by atoms with Crippen LogP contribution in [0.4, 0.5) is 0 Å². The second kappa shape index (κ2) is 8.35. The lowest BCUT2D eigenvalue weighted by molar-refractivity contribution is -0.132. The molecular formula is C17H25NO3. The van der Waals surface area contributed by atoms with E-state index in [2.05, 4.69) is 20.4 Å². The smallest absolute Gasteiger partial charge is 0.260 e. The van der Waals surface area contributed by atoms with Gasteiger partial charge in [-0.25, -0.2) is 0 Å². The number of ether oxygens (including phenoxy) is 2. The first-order valence-electron chi connectivity index (χ1n) is 7.12. The second-order valence-corrected chi connectivity index (χ2v) is 5.43. The van der Waals surface area contributed by atoms with E-state index in [9.17, 15) is 4.79 Å². The van der Waals surface area contributed by atoms with E-state index in [-0.39, 0.29) is 12.5 Å². The maximum absolute atomic E-state index is 12.0. The number of hydrogen-bond acceptors (Lipinski definition) is 3. The summed E-state index contributed by atoms with van der Waals surface area (Å²) in [5.41, 5.74) is 1.09. The Morgan fingerprint density at radius 1 is 1.38 bits per heavy atom. The first-order valence-corrected chi connectivity index (χ1v) is 7.12. The highest BCUT2D eigenvalue weighted by atomic mass is 16.5. The number of benzene rings is 1. The highest BCUT2D eigenvalue weighted by molar-refractivity contribution is 5.77. The SMILES string of the molecule is C=CCc1ccc(OCC(=O)N(C)CC(C)C)c(OC)c1. The summed E-state index contributed by atoms with van der Waals surface area (Å²) in [5.74, 6) is 1.61. The van der Waals surface area contributed by atoms with Gasteiger partial charge in [0.1, 0.15) is 0 Å². The Morgan fingerprint density at radius 3 is 2.67 bits per heavy atom. The Kier molecular flexibility index (Phi) is 6.79. The van der Waals surface area contributed by atoms with Gasteiger partial charge in [0.05, 0.1) is 7.11 Å². The van der Waals surface area contributed by atoms with Crippen molar-refractivity contribution in [3.05, 3.63) is 36.4 Å². The minimum atomic E-state index is -0.0408. The van der Waals surface area contributed by atoms with E-state index in [4.69, 9.17) is 9.47 Å². The number of methoxy groups -OCH3 is 1. The van der Waals surface area contributed by atoms with Crippen molar-refractivity contribution in [2.75, 3.05) is 27.3 Å². The van der Waals surface area contributed by atoms with Crippen molar-refractivity contribution in [3.8, 4) is 11.5 Å². The van der Waals surface area contributed by atoms with E-state index in [1.165, 1.54) is 0 Å². The summed E-state index contributed by atoms with van der Waals surface area (Å²) in [6.45, 7) is 8.60. The molecule has 0 N–H and O–H groups in total. The van der Waals surface area contributed by atoms with Gasteiger partial charge < -0.3 is 14.4 Å². The molecule has 1 aromatic carbocycles. The number of nitrogens with zero attached hydrogens (tertiary/aromatic N) is 1. The van der Waals surface area contributed by atoms with Crippen LogP contribution in [-0.2, 0) is 11.2 Å². The van der Waals surface area contributed by atoms with E-state index in [0.717, 1.165) is 18.5 Å². The highest BCUT2D eigenvalue weighted by Gasteiger charge is 2.13. The predicted molar refractivity (Wildman–Crippen MR) is 84.9 cm³/mol. The van der Waals surface area contributed by atoms with Crippen LogP contribution in [0.1, 0.15) is 19.4 Å². The number of carbonyl (C=O) groups excluding carboxylic acids is 1. The molecule has 0 fully saturated rings. The van der Waals surface area contributed by atoms with E-state index >= 15 is 0 Å². The van der Waals surface area contributed by atoms with E-state index in [1.54, 1.807) is 19.1 Å². The van der Waals surface area contributed by atoms with Crippen LogP contribution in [-0.4, -0.2) is 38.1 Å². The van der Waals surface area contributed by atoms with E-state index in [0.29, 0.717) is 17.4 Å². The molecule has 1 amide bonds. The van der Waals surface area contributed by atoms with Crippen LogP contribution in [0.25, 0.3) is 0 Å². The van der Waals surface area contributed by atoms with Crippen LogP contribution >= 0.6 is 0 Å². The Morgan fingerprint density at radius 2 is 2.10 bits per heavy atom. The lowest BCUT2D eigenvalue weighted by atomic mass is 10.1. The zero-order valence-electron chi connectivity index (χ0n) is 13.4. The largest absolute Gasteiger partial charge is 0.493 e. The minimum Gasteiger partial charge on any atom is -0.493 e. The average Bonchev–Trinajstić information content (AvgIpc) is 2.44. The van der Waals surface area contributed by atoms with Crippen LogP contribution in [0.5, 0.6) is 11.5 Å². The van der Waals surface area contributed by atoms with Gasteiger partial charge in [0.2, 0.25) is 0 Å². The van der Waals surface area contributed by atoms with Crippen molar-refractivity contribution in [3.63, 3.8) is 0 Å². The molecule has 0 aliphatic rings. The van der Waals surface area contributed by atoms with Crippen molar-refractivity contribution in [2.45, 2.75) is 20.3 Å². The molecular weight excluding hydrogens is 266 g/mol. The fourth-order valence-electron chi connectivity index (χ4n) is 2.02. The minimum absolute atomic E-state index is 0.0143. The quantitative estimate of drug-likeness (QED) is 0.691. The number of likely N-dealkylation sites (N-methyl/N-ethyl adjacent to an activating group) is 1. The zero-order valence-corrected chi connectivity index (χ0v) is 13.4. The molecule has 0 spiro atoms. The Labute approximate surface area is 127 Å². The third-order valence-electron chi connectivity index (χ3n) is 3.02. The molecule has 0 atom stereocenters. The fraction of sp³-hybridized carbons (Fsp3) is 0.471. The molecule has 0 aliphatic carbocycles. The van der Waals surface area contributed by atoms with Crippen LogP contribution in [0.15, 0.2) is 30.9 Å². The average molecular weight is 291 g/mol. The second-order valence-electron chi connectivity index (χ2n) is 5.43. The van der Waals surface area contributed by atoms with Crippen LogP contribution in [0.3, 0.4) is 0 Å². The highest BCUT2D eigenvalue weighted by Crippen LogP contribution is 2.28. The third-order valence-corrected chi connectivity index (χ3v) is 3.02. The summed E-state index contributed by atoms with van der Waals surface area (Å²) < 4.78 is 10.9. The number of rotatable bonds is 8. The van der Waals surface area contributed by atoms with Crippen LogP contribution in [0, 0.1) is 5.92 Å². The van der Waals surface area contributed by atoms with Crippen molar-refractivity contribution >= 4 is 5.91 Å². The van der Waals surface area contributed by atoms with Crippen molar-refractivity contribution in [1.82, 2.24) is 4.90 Å². The molecule has 0 aliphatic heterocycles. The summed E-state index contributed by atoms with van der Waals surface area (Å²) in [4.78, 5) is 13.7. The Hall–Kier alpha value is -1.97. The normalized spacial score (nSPS) is 10.3. The van der Waals surface area contributed by atoms with Crippen LogP contribution in [0.2, 0.25) is 0 Å². The van der Waals surface area contributed by atoms with Gasteiger partial charge in [-0.05, 0) is 30.0 Å². The summed E-state index contributed by atoms with van der Waals surface area (Å²) in [5, 5.41) is 0. The predicted octanol–water partition coefficient (Wildman–Crippen LogP) is 2.92. The molecule has 0 saturated carbocycles. The van der Waals surface area contributed by atoms with Crippen molar-refractivity contribution in [2.24, 2.45) is 5.92 Å². The molecule has 0 saturated heterocycles. The maximum atomic E-state index is 12.0. The van der Waals surface area contributed by atoms with Gasteiger partial charge in [0, 0.05) is 13.6 Å². The lowest BCUT2D eigenvalue weighted by Gasteiger charge is -2.20. The van der Waals surface area contributed by atoms with Gasteiger partial charge in [-0.3, -0.25) is 4.79 Å². The van der Waals surface area contributed by atoms with Crippen molar-refractivity contribution in [1.29, 1.82) is 0 Å². The molecule has 4 heteroatoms. The third kappa shape index (κ3) is 5.50. The zero-order chi connectivity index (χ0) is 15.8. The molecule has 0 radical (unpaired) electrons. The number of amides is 1. The van der Waals surface area contributed by atoms with Gasteiger partial charge >= 0.3 is 0 Å². The van der Waals surface area contributed by atoms with E-state index < -0.39 is 0 Å². The number of hydrogen-bond donors (Lipinski definition) is 0. The standard InChI is InChI=1S/C17H25NO3/c1-6-7-14-8-9-15(16(10-14)20-5)21-12-17(19)18(4)11-13(2)3/h6,8-10,13H,1,7,11-12H2,2-5H3. The topological polar surface area (TPSA) is 38.8 Å². The first-order chi connectivity index (χ1) is 9.97. The first kappa shape index (κ1) is 17.1. The summed E-state index contributed by atoms with van der Waals surface area (Å²) in [7, 11) is 3.38. The molecule has 0 aromatic heterocycles. The summed E-state index contributed by atoms with van der Waals surface area (Å²) in [6, 6.07) is 5.68. The maximum Gasteiger partial charge on any atom is 0.260 e. The molecule has 0 heterocycles. The molecule has 116 valence electrons. The van der Waals surface area contributed by atoms with Crippen LogP contribution < -0.4 is 9.47 Å². The van der Waals surface area contributed by atoms with Gasteiger partial charge in [-0.2, -0.15) is 0 Å². The van der Waals surface area contributed by atoms with Gasteiger partial charge in [-0.1, -0.05) is 26.0 Å². The van der Waals surface area contributed by atoms with Gasteiger partial charge in [0.15, 0.2) is 18.1 Å². The molecule has 21 heavy (non-hydrogen) atoms. The molecule has 1 aromatic rings. The number of carbonyl (C=O) groups is 1. The van der Waals surface area contributed by atoms with Crippen molar-refractivity contribution < 1.29 is 14.3 Å². The van der Waals surface area contributed by atoms with Gasteiger partial charge in [0.25, 0.3) is 5.91 Å². The molecule has 1 rings (SSSR count). The van der Waals surface area contributed by atoms with E-state index in [1.807, 2.05) is 24.3 Å². The monoisotopic (exact) mass is 291 g/mol. The molecule has 0 bridgehead atoms. The lowest BCUT2D eigenvalue weighted by Crippen LogP contribution is -2.34. The van der Waals surface area contributed by atoms with Gasteiger partial charge in [-0.15, -0.1) is 6.58 Å². The fourth-order valence-corrected chi connectivity index (χ4v) is 2.02. The summed E-state index contributed by atoms with van der Waals surface area (Å²) in [6.07, 6.45) is 2.60. The Balaban J connectivity index is 2.66. The number of allylic oxidation sites excluding steroid dienone is 1.